The van der Waals surface area contributed by atoms with Crippen molar-refractivity contribution in [1.82, 2.24) is 4.98 Å². The maximum absolute atomic E-state index is 13.9. The van der Waals surface area contributed by atoms with Gasteiger partial charge >= 0.3 is 0 Å². The lowest BCUT2D eigenvalue weighted by Crippen LogP contribution is -2.30. The van der Waals surface area contributed by atoms with Crippen LogP contribution < -0.4 is 5.73 Å². The average Bonchev–Trinajstić information content (AvgIpc) is 2.51. The van der Waals surface area contributed by atoms with E-state index < -0.39 is 6.17 Å². The van der Waals surface area contributed by atoms with E-state index >= 15 is 0 Å². The van der Waals surface area contributed by atoms with Crippen LogP contribution in [-0.2, 0) is 6.42 Å². The number of nitrogens with two attached hydrogens (primary N) is 1. The zero-order chi connectivity index (χ0) is 11.4. The highest BCUT2D eigenvalue weighted by molar-refractivity contribution is 7.09. The van der Waals surface area contributed by atoms with Crippen LogP contribution in [0.25, 0.3) is 0 Å². The van der Waals surface area contributed by atoms with Gasteiger partial charge in [0.25, 0.3) is 0 Å². The predicted octanol–water partition coefficient (Wildman–Crippen LogP) is 2.56. The number of aryl methyl sites for hydroxylation is 1. The molecule has 1 aromatic heterocycles. The third-order valence-electron chi connectivity index (χ3n) is 2.66. The Bertz CT molecular complexity index is 299. The van der Waals surface area contributed by atoms with E-state index in [1.54, 1.807) is 11.3 Å². The number of hydrogen-bond acceptors (Lipinski definition) is 3. The summed E-state index contributed by atoms with van der Waals surface area (Å²) in [6.07, 6.45) is -0.485. The van der Waals surface area contributed by atoms with Gasteiger partial charge in [-0.25, -0.2) is 9.37 Å². The molecule has 0 aromatic carbocycles. The van der Waals surface area contributed by atoms with Crippen LogP contribution in [-0.4, -0.2) is 17.7 Å². The van der Waals surface area contributed by atoms with Gasteiger partial charge in [-0.05, 0) is 19.4 Å². The van der Waals surface area contributed by atoms with Crippen molar-refractivity contribution in [3.63, 3.8) is 0 Å². The second-order valence-corrected chi connectivity index (χ2v) is 5.28. The number of alkyl halides is 1. The first-order chi connectivity index (χ1) is 7.04. The third kappa shape index (κ3) is 3.54. The van der Waals surface area contributed by atoms with Gasteiger partial charge in [-0.3, -0.25) is 0 Å². The predicted molar refractivity (Wildman–Crippen MR) is 62.8 cm³/mol. The average molecular weight is 230 g/mol. The van der Waals surface area contributed by atoms with Crippen molar-refractivity contribution < 1.29 is 4.39 Å². The highest BCUT2D eigenvalue weighted by atomic mass is 32.1. The molecule has 2 atom stereocenters. The summed E-state index contributed by atoms with van der Waals surface area (Å²) in [7, 11) is 0. The first-order valence-electron chi connectivity index (χ1n) is 5.29. The maximum Gasteiger partial charge on any atom is 0.110 e. The molecule has 0 saturated carbocycles. The molecule has 0 saturated heterocycles. The number of hydrogen-bond donors (Lipinski definition) is 1. The maximum atomic E-state index is 13.9. The lowest BCUT2D eigenvalue weighted by atomic mass is 9.89. The molecule has 0 bridgehead atoms. The van der Waals surface area contributed by atoms with Crippen molar-refractivity contribution in [2.24, 2.45) is 17.6 Å². The van der Waals surface area contributed by atoms with Gasteiger partial charge in [0.1, 0.15) is 6.17 Å². The Morgan fingerprint density at radius 2 is 2.20 bits per heavy atom. The minimum Gasteiger partial charge on any atom is -0.330 e. The van der Waals surface area contributed by atoms with Gasteiger partial charge in [-0.1, -0.05) is 13.8 Å². The van der Waals surface area contributed by atoms with Crippen LogP contribution in [0.1, 0.15) is 24.5 Å². The first-order valence-corrected chi connectivity index (χ1v) is 6.17. The molecule has 1 aromatic rings. The molecule has 0 aliphatic rings. The molecule has 15 heavy (non-hydrogen) atoms. The van der Waals surface area contributed by atoms with Crippen molar-refractivity contribution in [2.45, 2.75) is 33.4 Å². The van der Waals surface area contributed by atoms with Crippen LogP contribution in [0.5, 0.6) is 0 Å². The monoisotopic (exact) mass is 230 g/mol. The minimum atomic E-state index is -0.878. The Morgan fingerprint density at radius 1 is 1.53 bits per heavy atom. The molecule has 4 heteroatoms. The van der Waals surface area contributed by atoms with Crippen LogP contribution in [0.15, 0.2) is 5.38 Å². The van der Waals surface area contributed by atoms with E-state index in [4.69, 9.17) is 5.73 Å². The van der Waals surface area contributed by atoms with Crippen LogP contribution in [0.2, 0.25) is 0 Å². The van der Waals surface area contributed by atoms with Gasteiger partial charge in [-0.2, -0.15) is 0 Å². The van der Waals surface area contributed by atoms with Crippen LogP contribution in [0.3, 0.4) is 0 Å². The molecule has 2 unspecified atom stereocenters. The SMILES string of the molecule is Cc1nc(CC(F)C(CN)C(C)C)cs1. The van der Waals surface area contributed by atoms with Crippen LogP contribution in [0, 0.1) is 18.8 Å². The fourth-order valence-corrected chi connectivity index (χ4v) is 2.32. The quantitative estimate of drug-likeness (QED) is 0.844. The summed E-state index contributed by atoms with van der Waals surface area (Å²) in [6.45, 7) is 6.36. The van der Waals surface area contributed by atoms with Gasteiger partial charge in [0, 0.05) is 17.7 Å². The summed E-state index contributed by atoms with van der Waals surface area (Å²) in [5, 5.41) is 2.92. The number of thiazole rings is 1. The minimum absolute atomic E-state index is 0.0630. The third-order valence-corrected chi connectivity index (χ3v) is 3.49. The van der Waals surface area contributed by atoms with Gasteiger partial charge < -0.3 is 5.73 Å². The first kappa shape index (κ1) is 12.6. The number of aromatic nitrogens is 1. The number of rotatable bonds is 5. The van der Waals surface area contributed by atoms with E-state index in [2.05, 4.69) is 4.98 Å². The van der Waals surface area contributed by atoms with Gasteiger partial charge in [0.15, 0.2) is 0 Å². The zero-order valence-electron chi connectivity index (χ0n) is 9.53. The second kappa shape index (κ2) is 5.56. The van der Waals surface area contributed by atoms with Gasteiger partial charge in [0.05, 0.1) is 10.7 Å². The van der Waals surface area contributed by atoms with Gasteiger partial charge in [-0.15, -0.1) is 11.3 Å². The molecule has 0 radical (unpaired) electrons. The zero-order valence-corrected chi connectivity index (χ0v) is 10.4. The molecule has 2 nitrogen and oxygen atoms in total. The van der Waals surface area contributed by atoms with Crippen LogP contribution >= 0.6 is 11.3 Å². The number of halogens is 1. The number of nitrogens with zero attached hydrogens (tertiary/aromatic N) is 1. The van der Waals surface area contributed by atoms with E-state index in [9.17, 15) is 4.39 Å². The van der Waals surface area contributed by atoms with Crippen molar-refractivity contribution in [2.75, 3.05) is 6.54 Å². The molecule has 0 amide bonds. The Kier molecular flexibility index (Phi) is 4.67. The van der Waals surface area contributed by atoms with Gasteiger partial charge in [0.2, 0.25) is 0 Å². The standard InChI is InChI=1S/C11H19FN2S/c1-7(2)10(5-13)11(12)4-9-6-15-8(3)14-9/h6-7,10-11H,4-5,13H2,1-3H3. The van der Waals surface area contributed by atoms with Crippen molar-refractivity contribution in [3.05, 3.63) is 16.1 Å². The molecule has 0 spiro atoms. The Labute approximate surface area is 94.7 Å². The van der Waals surface area contributed by atoms with E-state index in [1.165, 1.54) is 0 Å². The molecule has 0 aliphatic heterocycles. The lowest BCUT2D eigenvalue weighted by Gasteiger charge is -2.22. The highest BCUT2D eigenvalue weighted by Gasteiger charge is 2.23. The fraction of sp³-hybridized carbons (Fsp3) is 0.727. The van der Waals surface area contributed by atoms with E-state index in [-0.39, 0.29) is 11.8 Å². The molecule has 86 valence electrons. The van der Waals surface area contributed by atoms with E-state index in [1.807, 2.05) is 26.2 Å². The summed E-state index contributed by atoms with van der Waals surface area (Å²) in [5.74, 6) is 0.219. The Balaban J connectivity index is 2.57. The molecule has 2 N–H and O–H groups in total. The molecular weight excluding hydrogens is 211 g/mol. The fourth-order valence-electron chi connectivity index (χ4n) is 1.69. The summed E-state index contributed by atoms with van der Waals surface area (Å²) in [5.41, 5.74) is 6.43. The molecule has 0 fully saturated rings. The van der Waals surface area contributed by atoms with Crippen molar-refractivity contribution in [3.8, 4) is 0 Å². The summed E-state index contributed by atoms with van der Waals surface area (Å²) >= 11 is 1.57. The Hall–Kier alpha value is -0.480. The highest BCUT2D eigenvalue weighted by Crippen LogP contribution is 2.21. The molecule has 1 rings (SSSR count). The smallest absolute Gasteiger partial charge is 0.110 e. The summed E-state index contributed by atoms with van der Waals surface area (Å²) in [4.78, 5) is 4.26. The molecule has 1 heterocycles. The summed E-state index contributed by atoms with van der Waals surface area (Å²) in [6, 6.07) is 0. The summed E-state index contributed by atoms with van der Waals surface area (Å²) < 4.78 is 13.9. The molecule has 0 aliphatic carbocycles. The largest absolute Gasteiger partial charge is 0.330 e. The normalized spacial score (nSPS) is 15.6. The van der Waals surface area contributed by atoms with Crippen LogP contribution in [0.4, 0.5) is 4.39 Å². The van der Waals surface area contributed by atoms with E-state index in [0.29, 0.717) is 13.0 Å². The Morgan fingerprint density at radius 3 is 2.60 bits per heavy atom. The van der Waals surface area contributed by atoms with Crippen molar-refractivity contribution >= 4 is 11.3 Å². The topological polar surface area (TPSA) is 38.9 Å². The lowest BCUT2D eigenvalue weighted by molar-refractivity contribution is 0.184. The van der Waals surface area contributed by atoms with E-state index in [0.717, 1.165) is 10.7 Å². The van der Waals surface area contributed by atoms with Crippen molar-refractivity contribution in [1.29, 1.82) is 0 Å². The second-order valence-electron chi connectivity index (χ2n) is 4.22. The molecular formula is C11H19FN2S.